The van der Waals surface area contributed by atoms with E-state index in [1.165, 1.54) is 0 Å². The molecule has 0 aromatic carbocycles. The van der Waals surface area contributed by atoms with E-state index in [0.717, 1.165) is 13.8 Å². The lowest BCUT2D eigenvalue weighted by molar-refractivity contribution is -0.511. The standard InChI is InChI=1S/C11H10F13O5P/c1-3-26-30(25,27-4-2)11(23,24)10(21,22)29-7(15,8(16,17)18)9(19,20)28-6(14)5(12)13/h3-4H2,1-2H3. The maximum atomic E-state index is 13.9. The third-order valence-corrected chi connectivity index (χ3v) is 4.81. The molecule has 0 aliphatic carbocycles. The van der Waals surface area contributed by atoms with E-state index in [1.807, 2.05) is 9.47 Å². The van der Waals surface area contributed by atoms with Gasteiger partial charge in [0.1, 0.15) is 0 Å². The van der Waals surface area contributed by atoms with Crippen molar-refractivity contribution in [2.45, 2.75) is 43.8 Å². The summed E-state index contributed by atoms with van der Waals surface area (Å²) in [6.07, 6.45) is -25.5. The van der Waals surface area contributed by atoms with Gasteiger partial charge in [-0.2, -0.15) is 57.1 Å². The highest BCUT2D eigenvalue weighted by Gasteiger charge is 2.83. The highest BCUT2D eigenvalue weighted by atomic mass is 31.2. The lowest BCUT2D eigenvalue weighted by Gasteiger charge is -2.38. The van der Waals surface area contributed by atoms with Gasteiger partial charge in [-0.3, -0.25) is 9.30 Å². The number of ether oxygens (including phenoxy) is 2. The molecule has 0 aliphatic rings. The van der Waals surface area contributed by atoms with E-state index in [2.05, 4.69) is 9.05 Å². The van der Waals surface area contributed by atoms with Gasteiger partial charge in [0.25, 0.3) is 0 Å². The summed E-state index contributed by atoms with van der Waals surface area (Å²) in [5.41, 5.74) is -6.55. The van der Waals surface area contributed by atoms with Crippen molar-refractivity contribution in [3.8, 4) is 0 Å². The van der Waals surface area contributed by atoms with Gasteiger partial charge in [0.2, 0.25) is 0 Å². The predicted octanol–water partition coefficient (Wildman–Crippen LogP) is 6.33. The first-order valence-electron chi connectivity index (χ1n) is 7.04. The second-order valence-corrected chi connectivity index (χ2v) is 6.81. The van der Waals surface area contributed by atoms with Crippen molar-refractivity contribution in [2.75, 3.05) is 13.2 Å². The zero-order chi connectivity index (χ0) is 24.4. The molecule has 0 fully saturated rings. The summed E-state index contributed by atoms with van der Waals surface area (Å²) in [5, 5.41) is 0. The molecule has 0 saturated heterocycles. The third-order valence-electron chi connectivity index (χ3n) is 2.67. The van der Waals surface area contributed by atoms with Crippen molar-refractivity contribution in [1.82, 2.24) is 0 Å². The topological polar surface area (TPSA) is 54.0 Å². The first-order valence-corrected chi connectivity index (χ1v) is 8.58. The van der Waals surface area contributed by atoms with Crippen LogP contribution in [0.2, 0.25) is 0 Å². The number of halogens is 13. The molecular formula is C11H10F13O5P. The summed E-state index contributed by atoms with van der Waals surface area (Å²) in [5.74, 6) is -7.37. The van der Waals surface area contributed by atoms with Gasteiger partial charge in [-0.1, -0.05) is 0 Å². The quantitative estimate of drug-likeness (QED) is 0.189. The van der Waals surface area contributed by atoms with Gasteiger partial charge < -0.3 is 13.8 Å². The molecule has 0 aromatic heterocycles. The van der Waals surface area contributed by atoms with Crippen LogP contribution in [0.1, 0.15) is 13.8 Å². The molecule has 0 rings (SSSR count). The second-order valence-electron chi connectivity index (χ2n) is 4.74. The molecule has 5 nitrogen and oxygen atoms in total. The Morgan fingerprint density at radius 3 is 1.47 bits per heavy atom. The molecule has 180 valence electrons. The molecule has 0 bridgehead atoms. The Balaban J connectivity index is 6.49. The van der Waals surface area contributed by atoms with E-state index < -0.39 is 62.8 Å². The first kappa shape index (κ1) is 28.7. The van der Waals surface area contributed by atoms with Crippen molar-refractivity contribution in [3.05, 3.63) is 12.1 Å². The Kier molecular flexibility index (Phi) is 8.70. The highest BCUT2D eigenvalue weighted by molar-refractivity contribution is 7.55. The lowest BCUT2D eigenvalue weighted by Crippen LogP contribution is -2.63. The molecule has 0 spiro atoms. The summed E-state index contributed by atoms with van der Waals surface area (Å²) in [6, 6.07) is -3.88. The molecule has 0 saturated carbocycles. The van der Waals surface area contributed by atoms with Gasteiger partial charge in [0.05, 0.1) is 13.2 Å². The minimum atomic E-state index is -7.43. The third kappa shape index (κ3) is 5.31. The molecular weight excluding hydrogens is 490 g/mol. The number of alkyl halides is 10. The molecule has 0 heterocycles. The smallest absolute Gasteiger partial charge is 0.398 e. The number of rotatable bonds is 11. The van der Waals surface area contributed by atoms with Crippen molar-refractivity contribution in [1.29, 1.82) is 0 Å². The van der Waals surface area contributed by atoms with Gasteiger partial charge in [0.15, 0.2) is 0 Å². The Bertz CT molecular complexity index is 665. The van der Waals surface area contributed by atoms with Gasteiger partial charge in [-0.25, -0.2) is 0 Å². The molecule has 0 amide bonds. The van der Waals surface area contributed by atoms with E-state index in [4.69, 9.17) is 0 Å². The van der Waals surface area contributed by atoms with Crippen molar-refractivity contribution >= 4 is 7.60 Å². The highest BCUT2D eigenvalue weighted by Crippen LogP contribution is 2.68. The molecule has 1 atom stereocenters. The number of hydrogen-bond donors (Lipinski definition) is 0. The summed E-state index contributed by atoms with van der Waals surface area (Å²) in [7, 11) is -6.51. The van der Waals surface area contributed by atoms with Crippen molar-refractivity contribution < 1.29 is 80.2 Å². The fraction of sp³-hybridized carbons (Fsp3) is 0.818. The van der Waals surface area contributed by atoms with E-state index in [9.17, 15) is 61.6 Å². The summed E-state index contributed by atoms with van der Waals surface area (Å²) in [6.45, 7) is -0.681. The summed E-state index contributed by atoms with van der Waals surface area (Å²) >= 11 is 0. The monoisotopic (exact) mass is 500 g/mol. The Morgan fingerprint density at radius 2 is 1.17 bits per heavy atom. The molecule has 19 heteroatoms. The minimum absolute atomic E-state index is 0.762. The van der Waals surface area contributed by atoms with Crippen LogP contribution in [-0.4, -0.2) is 43.1 Å². The average Bonchev–Trinajstić information content (AvgIpc) is 2.52. The second kappa shape index (κ2) is 9.08. The zero-order valence-corrected chi connectivity index (χ0v) is 15.2. The molecule has 1 unspecified atom stereocenters. The molecule has 0 aliphatic heterocycles. The normalized spacial score (nSPS) is 16.2. The summed E-state index contributed by atoms with van der Waals surface area (Å²) < 4.78 is 193. The summed E-state index contributed by atoms with van der Waals surface area (Å²) in [4.78, 5) is 0. The van der Waals surface area contributed by atoms with E-state index in [0.29, 0.717) is 0 Å². The van der Waals surface area contributed by atoms with Crippen LogP contribution in [-0.2, 0) is 23.1 Å². The lowest BCUT2D eigenvalue weighted by atomic mass is 10.2. The van der Waals surface area contributed by atoms with Gasteiger partial charge in [-0.15, -0.1) is 0 Å². The van der Waals surface area contributed by atoms with Crippen LogP contribution >= 0.6 is 7.60 Å². The maximum absolute atomic E-state index is 13.9. The van der Waals surface area contributed by atoms with Crippen LogP contribution in [0.15, 0.2) is 12.1 Å². The van der Waals surface area contributed by atoms with E-state index >= 15 is 0 Å². The van der Waals surface area contributed by atoms with Crippen LogP contribution < -0.4 is 0 Å². The average molecular weight is 500 g/mol. The van der Waals surface area contributed by atoms with Crippen LogP contribution in [0.3, 0.4) is 0 Å². The van der Waals surface area contributed by atoms with Crippen LogP contribution in [0.25, 0.3) is 0 Å². The largest absolute Gasteiger partial charge is 0.471 e. The Morgan fingerprint density at radius 1 is 0.767 bits per heavy atom. The molecule has 0 aromatic rings. The fourth-order valence-electron chi connectivity index (χ4n) is 1.44. The minimum Gasteiger partial charge on any atom is -0.398 e. The van der Waals surface area contributed by atoms with Gasteiger partial charge in [-0.05, 0) is 13.8 Å². The zero-order valence-electron chi connectivity index (χ0n) is 14.3. The Hall–Kier alpha value is -1.26. The van der Waals surface area contributed by atoms with Gasteiger partial charge >= 0.3 is 49.6 Å². The maximum Gasteiger partial charge on any atom is 0.471 e. The van der Waals surface area contributed by atoms with Gasteiger partial charge in [0, 0.05) is 0 Å². The fourth-order valence-corrected chi connectivity index (χ4v) is 2.88. The Labute approximate surface area is 158 Å². The molecule has 0 radical (unpaired) electrons. The van der Waals surface area contributed by atoms with Crippen molar-refractivity contribution in [3.63, 3.8) is 0 Å². The van der Waals surface area contributed by atoms with Crippen LogP contribution in [0, 0.1) is 0 Å². The number of hydrogen-bond acceptors (Lipinski definition) is 5. The molecule has 30 heavy (non-hydrogen) atoms. The van der Waals surface area contributed by atoms with Crippen LogP contribution in [0.5, 0.6) is 0 Å². The van der Waals surface area contributed by atoms with Crippen molar-refractivity contribution in [2.24, 2.45) is 0 Å². The first-order chi connectivity index (χ1) is 13.2. The predicted molar refractivity (Wildman–Crippen MR) is 68.1 cm³/mol. The van der Waals surface area contributed by atoms with E-state index in [-0.39, 0.29) is 0 Å². The van der Waals surface area contributed by atoms with E-state index in [1.54, 1.807) is 0 Å². The molecule has 0 N–H and O–H groups in total. The van der Waals surface area contributed by atoms with Crippen LogP contribution in [0.4, 0.5) is 57.1 Å². The SMILES string of the molecule is CCOP(=O)(OCC)C(F)(F)C(F)(F)OC(F)(C(F)(F)F)C(F)(F)OC(F)=C(F)F.